The van der Waals surface area contributed by atoms with Crippen molar-refractivity contribution in [1.29, 1.82) is 0 Å². The predicted octanol–water partition coefficient (Wildman–Crippen LogP) is 3.42. The maximum Gasteiger partial charge on any atom is 0.319 e. The van der Waals surface area contributed by atoms with E-state index >= 15 is 0 Å². The lowest BCUT2D eigenvalue weighted by atomic mass is 10.1. The number of nitrogens with one attached hydrogen (secondary N) is 3. The van der Waals surface area contributed by atoms with Gasteiger partial charge in [-0.3, -0.25) is 5.10 Å². The van der Waals surface area contributed by atoms with Crippen LogP contribution in [-0.2, 0) is 6.54 Å². The van der Waals surface area contributed by atoms with Crippen molar-refractivity contribution < 1.29 is 14.3 Å². The number of aromatic amines is 1. The van der Waals surface area contributed by atoms with E-state index < -0.39 is 0 Å². The second kappa shape index (κ2) is 8.06. The van der Waals surface area contributed by atoms with Crippen LogP contribution in [-0.4, -0.2) is 30.4 Å². The third-order valence-corrected chi connectivity index (χ3v) is 3.84. The Morgan fingerprint density at radius 3 is 2.31 bits per heavy atom. The molecular weight excluding hydrogens is 332 g/mol. The Hall–Kier alpha value is -3.48. The molecule has 0 atom stereocenters. The molecule has 7 heteroatoms. The minimum Gasteiger partial charge on any atom is -0.497 e. The van der Waals surface area contributed by atoms with Crippen LogP contribution in [0, 0.1) is 0 Å². The number of benzene rings is 2. The summed E-state index contributed by atoms with van der Waals surface area (Å²) in [5, 5.41) is 12.3. The van der Waals surface area contributed by atoms with Gasteiger partial charge in [0.05, 0.1) is 20.4 Å². The first-order valence-corrected chi connectivity index (χ1v) is 8.04. The molecule has 1 aromatic heterocycles. The van der Waals surface area contributed by atoms with Crippen LogP contribution in [0.2, 0.25) is 0 Å². The molecule has 2 amide bonds. The summed E-state index contributed by atoms with van der Waals surface area (Å²) in [6.07, 6.45) is 3.56. The highest BCUT2D eigenvalue weighted by molar-refractivity contribution is 5.89. The van der Waals surface area contributed by atoms with Gasteiger partial charge in [0.2, 0.25) is 0 Å². The predicted molar refractivity (Wildman–Crippen MR) is 99.4 cm³/mol. The van der Waals surface area contributed by atoms with Gasteiger partial charge in [-0.15, -0.1) is 0 Å². The zero-order chi connectivity index (χ0) is 18.4. The van der Waals surface area contributed by atoms with Gasteiger partial charge in [-0.05, 0) is 35.4 Å². The Balaban J connectivity index is 1.57. The molecule has 0 aliphatic carbocycles. The van der Waals surface area contributed by atoms with Gasteiger partial charge in [-0.1, -0.05) is 12.1 Å². The molecule has 0 saturated carbocycles. The number of carbonyl (C=O) groups excluding carboxylic acids is 1. The van der Waals surface area contributed by atoms with E-state index in [-0.39, 0.29) is 6.03 Å². The highest BCUT2D eigenvalue weighted by atomic mass is 16.5. The molecule has 2 aromatic carbocycles. The van der Waals surface area contributed by atoms with Gasteiger partial charge in [0.1, 0.15) is 11.5 Å². The third-order valence-electron chi connectivity index (χ3n) is 3.84. The molecule has 134 valence electrons. The number of anilines is 1. The number of hydrogen-bond donors (Lipinski definition) is 3. The van der Waals surface area contributed by atoms with Crippen LogP contribution in [0.25, 0.3) is 11.1 Å². The lowest BCUT2D eigenvalue weighted by Crippen LogP contribution is -2.28. The molecule has 26 heavy (non-hydrogen) atoms. The number of carbonyl (C=O) groups is 1. The van der Waals surface area contributed by atoms with Gasteiger partial charge in [0.25, 0.3) is 0 Å². The summed E-state index contributed by atoms with van der Waals surface area (Å²) in [7, 11) is 3.18. The van der Waals surface area contributed by atoms with Crippen molar-refractivity contribution in [2.24, 2.45) is 0 Å². The molecule has 0 aliphatic rings. The van der Waals surface area contributed by atoms with Crippen molar-refractivity contribution in [2.75, 3.05) is 19.5 Å². The molecular formula is C19H20N4O3. The quantitative estimate of drug-likeness (QED) is 0.634. The maximum atomic E-state index is 12.1. The number of H-pyrrole nitrogens is 1. The smallest absolute Gasteiger partial charge is 0.319 e. The number of ether oxygens (including phenoxy) is 2. The zero-order valence-electron chi connectivity index (χ0n) is 14.6. The number of nitrogens with zero attached hydrogens (tertiary/aromatic N) is 1. The summed E-state index contributed by atoms with van der Waals surface area (Å²) in [6.45, 7) is 0.354. The van der Waals surface area contributed by atoms with Gasteiger partial charge in [0.15, 0.2) is 0 Å². The molecule has 3 N–H and O–H groups in total. The first-order chi connectivity index (χ1) is 12.7. The lowest BCUT2D eigenvalue weighted by Gasteiger charge is -2.11. The van der Waals surface area contributed by atoms with Gasteiger partial charge in [-0.25, -0.2) is 4.79 Å². The van der Waals surface area contributed by atoms with Crippen LogP contribution in [0.5, 0.6) is 11.5 Å². The largest absolute Gasteiger partial charge is 0.497 e. The van der Waals surface area contributed by atoms with Crippen LogP contribution in [0.3, 0.4) is 0 Å². The van der Waals surface area contributed by atoms with Crippen molar-refractivity contribution in [3.05, 3.63) is 60.4 Å². The maximum absolute atomic E-state index is 12.1. The Morgan fingerprint density at radius 1 is 1.04 bits per heavy atom. The number of methoxy groups -OCH3 is 2. The van der Waals surface area contributed by atoms with E-state index in [1.54, 1.807) is 26.5 Å². The summed E-state index contributed by atoms with van der Waals surface area (Å²) in [5.41, 5.74) is 3.60. The van der Waals surface area contributed by atoms with Crippen molar-refractivity contribution in [3.8, 4) is 22.6 Å². The van der Waals surface area contributed by atoms with E-state index in [4.69, 9.17) is 9.47 Å². The van der Waals surface area contributed by atoms with E-state index in [9.17, 15) is 4.79 Å². The Kier molecular flexibility index (Phi) is 5.38. The Labute approximate surface area is 151 Å². The molecule has 0 aliphatic heterocycles. The molecule has 3 aromatic rings. The van der Waals surface area contributed by atoms with Crippen LogP contribution < -0.4 is 20.1 Å². The van der Waals surface area contributed by atoms with E-state index in [1.807, 2.05) is 42.6 Å². The molecule has 0 saturated heterocycles. The molecule has 7 nitrogen and oxygen atoms in total. The third kappa shape index (κ3) is 4.32. The first kappa shape index (κ1) is 17.3. The number of rotatable bonds is 6. The van der Waals surface area contributed by atoms with E-state index in [1.165, 1.54) is 0 Å². The molecule has 0 fully saturated rings. The normalized spacial score (nSPS) is 10.2. The topological polar surface area (TPSA) is 88.3 Å². The number of urea groups is 1. The Morgan fingerprint density at radius 2 is 1.73 bits per heavy atom. The fraction of sp³-hybridized carbons (Fsp3) is 0.158. The van der Waals surface area contributed by atoms with Crippen molar-refractivity contribution in [1.82, 2.24) is 15.5 Å². The second-order valence-corrected chi connectivity index (χ2v) is 5.59. The first-order valence-electron chi connectivity index (χ1n) is 8.04. The van der Waals surface area contributed by atoms with Crippen LogP contribution in [0.15, 0.2) is 54.9 Å². The van der Waals surface area contributed by atoms with Gasteiger partial charge in [0, 0.05) is 30.1 Å². The monoisotopic (exact) mass is 352 g/mol. The van der Waals surface area contributed by atoms with Crippen LogP contribution in [0.1, 0.15) is 5.56 Å². The highest BCUT2D eigenvalue weighted by Gasteiger charge is 2.06. The molecule has 0 unspecified atom stereocenters. The van der Waals surface area contributed by atoms with Gasteiger partial charge in [-0.2, -0.15) is 5.10 Å². The summed E-state index contributed by atoms with van der Waals surface area (Å²) in [5.74, 6) is 1.35. The average Bonchev–Trinajstić information content (AvgIpc) is 3.21. The molecule has 0 spiro atoms. The van der Waals surface area contributed by atoms with E-state index in [2.05, 4.69) is 20.8 Å². The molecule has 0 bridgehead atoms. The summed E-state index contributed by atoms with van der Waals surface area (Å²) >= 11 is 0. The lowest BCUT2D eigenvalue weighted by molar-refractivity contribution is 0.251. The summed E-state index contributed by atoms with van der Waals surface area (Å²) < 4.78 is 10.5. The number of aromatic nitrogens is 2. The van der Waals surface area contributed by atoms with Crippen LogP contribution >= 0.6 is 0 Å². The van der Waals surface area contributed by atoms with Gasteiger partial charge >= 0.3 is 6.03 Å². The summed E-state index contributed by atoms with van der Waals surface area (Å²) in [4.78, 5) is 12.1. The fourth-order valence-corrected chi connectivity index (χ4v) is 2.48. The van der Waals surface area contributed by atoms with Crippen molar-refractivity contribution >= 4 is 11.7 Å². The fourth-order valence-electron chi connectivity index (χ4n) is 2.48. The minimum atomic E-state index is -0.289. The van der Waals surface area contributed by atoms with Gasteiger partial charge < -0.3 is 20.1 Å². The Bertz CT molecular complexity index is 839. The zero-order valence-corrected chi connectivity index (χ0v) is 14.6. The standard InChI is InChI=1S/C19H20N4O3/c1-25-17-7-13(8-18(9-17)26-2)10-20-19(24)23-16-5-3-14(4-6-16)15-11-21-22-12-15/h3-9,11-12H,10H2,1-2H3,(H,21,22)(H2,20,23,24). The molecule has 1 heterocycles. The molecule has 0 radical (unpaired) electrons. The SMILES string of the molecule is COc1cc(CNC(=O)Nc2ccc(-c3cn[nH]c3)cc2)cc(OC)c1. The van der Waals surface area contributed by atoms with E-state index in [0.29, 0.717) is 23.7 Å². The number of amides is 2. The van der Waals surface area contributed by atoms with Crippen LogP contribution in [0.4, 0.5) is 10.5 Å². The van der Waals surface area contributed by atoms with E-state index in [0.717, 1.165) is 16.7 Å². The average molecular weight is 352 g/mol. The van der Waals surface area contributed by atoms with Crippen molar-refractivity contribution in [3.63, 3.8) is 0 Å². The minimum absolute atomic E-state index is 0.289. The second-order valence-electron chi connectivity index (χ2n) is 5.59. The summed E-state index contributed by atoms with van der Waals surface area (Å²) in [6, 6.07) is 12.7. The van der Waals surface area contributed by atoms with Crippen molar-refractivity contribution in [2.45, 2.75) is 6.54 Å². The number of hydrogen-bond acceptors (Lipinski definition) is 4. The highest BCUT2D eigenvalue weighted by Crippen LogP contribution is 2.22. The molecule has 3 rings (SSSR count).